The second-order valence-corrected chi connectivity index (χ2v) is 8.58. The summed E-state index contributed by atoms with van der Waals surface area (Å²) in [5.74, 6) is 6.27. The van der Waals surface area contributed by atoms with Gasteiger partial charge in [-0.3, -0.25) is 4.90 Å². The molecule has 0 N–H and O–H groups in total. The van der Waals surface area contributed by atoms with Gasteiger partial charge in [0.1, 0.15) is 0 Å². The molecule has 12 heteroatoms. The second kappa shape index (κ2) is 11.9. The number of tetrazole rings is 1. The first-order valence-corrected chi connectivity index (χ1v) is 11.7. The van der Waals surface area contributed by atoms with Crippen molar-refractivity contribution in [2.75, 3.05) is 19.6 Å². The van der Waals surface area contributed by atoms with Crippen molar-refractivity contribution in [1.82, 2.24) is 25.1 Å². The summed E-state index contributed by atoms with van der Waals surface area (Å²) in [6, 6.07) is 13.4. The Hall–Kier alpha value is -3.91. The van der Waals surface area contributed by atoms with E-state index < -0.39 is 11.7 Å². The first-order chi connectivity index (χ1) is 17.9. The molecule has 1 aliphatic heterocycles. The number of aryl methyl sites for hydroxylation is 1. The fourth-order valence-electron chi connectivity index (χ4n) is 4.45. The molecule has 1 aliphatic rings. The van der Waals surface area contributed by atoms with Gasteiger partial charge in [0.15, 0.2) is 5.82 Å². The molecular weight excluding hydrogens is 485 g/mol. The van der Waals surface area contributed by atoms with E-state index in [0.29, 0.717) is 17.9 Å². The first kappa shape index (κ1) is 26.2. The van der Waals surface area contributed by atoms with Crippen molar-refractivity contribution in [2.45, 2.75) is 44.7 Å². The van der Waals surface area contributed by atoms with E-state index in [0.717, 1.165) is 37.1 Å². The van der Waals surface area contributed by atoms with E-state index in [9.17, 15) is 13.2 Å². The molecule has 4 rings (SSSR count). The summed E-state index contributed by atoms with van der Waals surface area (Å²) in [5.41, 5.74) is 9.27. The number of nitrogens with zero attached hydrogens (tertiary/aromatic N) is 8. The van der Waals surface area contributed by atoms with Crippen LogP contribution in [-0.4, -0.2) is 50.8 Å². The summed E-state index contributed by atoms with van der Waals surface area (Å²) in [4.78, 5) is 4.89. The standard InChI is InChI=1S/C25H25F3N8O/c1-18-31-33-34-36(18)22-15-19(14-21(16-22)25(26,27)28)17-37-23-10-7-13-35(12-6-5-11-30-32-29)24(23)20-8-3-2-4-9-20/h2-4,8-9,14-16,23-24H,7,10-13,17H2,1H3/t23-,24-/m0/s1. The van der Waals surface area contributed by atoms with Crippen LogP contribution in [0.4, 0.5) is 13.2 Å². The van der Waals surface area contributed by atoms with Crippen LogP contribution < -0.4 is 0 Å². The minimum absolute atomic E-state index is 0.0114. The lowest BCUT2D eigenvalue weighted by Gasteiger charge is -2.40. The molecule has 0 aliphatic carbocycles. The van der Waals surface area contributed by atoms with Crippen molar-refractivity contribution in [3.8, 4) is 17.5 Å². The molecule has 0 radical (unpaired) electrons. The molecule has 1 aromatic heterocycles. The van der Waals surface area contributed by atoms with Crippen molar-refractivity contribution in [2.24, 2.45) is 5.11 Å². The molecule has 2 aromatic carbocycles. The minimum atomic E-state index is -4.53. The highest BCUT2D eigenvalue weighted by Gasteiger charge is 2.34. The van der Waals surface area contributed by atoms with Crippen LogP contribution in [0.3, 0.4) is 0 Å². The Morgan fingerprint density at radius 1 is 1.19 bits per heavy atom. The molecule has 0 bridgehead atoms. The number of ether oxygens (including phenoxy) is 1. The molecule has 1 fully saturated rings. The zero-order chi connectivity index (χ0) is 26.3. The lowest BCUT2D eigenvalue weighted by Crippen LogP contribution is -2.43. The lowest BCUT2D eigenvalue weighted by molar-refractivity contribution is -0.137. The van der Waals surface area contributed by atoms with Crippen LogP contribution in [0.2, 0.25) is 0 Å². The smallest absolute Gasteiger partial charge is 0.372 e. The summed E-state index contributed by atoms with van der Waals surface area (Å²) in [6.45, 7) is 2.95. The number of halogens is 3. The number of benzene rings is 2. The quantitative estimate of drug-likeness (QED) is 0.192. The number of alkyl halides is 3. The van der Waals surface area contributed by atoms with Crippen LogP contribution in [0.15, 0.2) is 53.6 Å². The molecule has 2 heterocycles. The van der Waals surface area contributed by atoms with Gasteiger partial charge in [-0.15, -0.1) is 5.10 Å². The van der Waals surface area contributed by atoms with E-state index in [2.05, 4.69) is 42.3 Å². The molecule has 9 nitrogen and oxygen atoms in total. The Bertz CT molecular complexity index is 1310. The van der Waals surface area contributed by atoms with Gasteiger partial charge in [-0.2, -0.15) is 17.9 Å². The molecule has 3 aromatic rings. The van der Waals surface area contributed by atoms with Crippen molar-refractivity contribution in [1.29, 1.82) is 0 Å². The van der Waals surface area contributed by atoms with Gasteiger partial charge in [0, 0.05) is 4.91 Å². The second-order valence-electron chi connectivity index (χ2n) is 8.58. The average Bonchev–Trinajstić information content (AvgIpc) is 3.33. The van der Waals surface area contributed by atoms with Gasteiger partial charge >= 0.3 is 6.18 Å². The zero-order valence-electron chi connectivity index (χ0n) is 20.1. The van der Waals surface area contributed by atoms with E-state index in [-0.39, 0.29) is 31.0 Å². The Kier molecular flexibility index (Phi) is 8.40. The topological polar surface area (TPSA) is 105 Å². The van der Waals surface area contributed by atoms with Gasteiger partial charge in [0.25, 0.3) is 0 Å². The number of aromatic nitrogens is 4. The molecule has 0 unspecified atom stereocenters. The zero-order valence-corrected chi connectivity index (χ0v) is 20.1. The van der Waals surface area contributed by atoms with E-state index >= 15 is 0 Å². The summed E-state index contributed by atoms with van der Waals surface area (Å²) < 4.78 is 48.6. The Morgan fingerprint density at radius 2 is 2.00 bits per heavy atom. The van der Waals surface area contributed by atoms with Gasteiger partial charge < -0.3 is 4.74 Å². The Morgan fingerprint density at radius 3 is 2.70 bits per heavy atom. The Labute approximate surface area is 211 Å². The van der Waals surface area contributed by atoms with Crippen LogP contribution in [0.5, 0.6) is 0 Å². The molecular formula is C25H25F3N8O. The van der Waals surface area contributed by atoms with Gasteiger partial charge in [-0.1, -0.05) is 47.3 Å². The molecule has 0 spiro atoms. The highest BCUT2D eigenvalue weighted by atomic mass is 19.4. The molecule has 0 saturated carbocycles. The third-order valence-corrected chi connectivity index (χ3v) is 6.08. The molecule has 37 heavy (non-hydrogen) atoms. The maximum atomic E-state index is 13.7. The minimum Gasteiger partial charge on any atom is -0.372 e. The maximum absolute atomic E-state index is 13.7. The van der Waals surface area contributed by atoms with Gasteiger partial charge in [-0.05, 0) is 71.6 Å². The van der Waals surface area contributed by atoms with Crippen LogP contribution in [0.1, 0.15) is 41.4 Å². The predicted octanol–water partition coefficient (Wildman–Crippen LogP) is 5.03. The number of hydrogen-bond acceptors (Lipinski definition) is 6. The van der Waals surface area contributed by atoms with Crippen LogP contribution in [-0.2, 0) is 17.5 Å². The SMILES string of the molecule is Cc1nnnn1-c1cc(CO[C@H]2CCCN(CC#CCN=[N+]=[N-])[C@H]2c2ccccc2)cc(C(F)(F)F)c1. The maximum Gasteiger partial charge on any atom is 0.416 e. The summed E-state index contributed by atoms with van der Waals surface area (Å²) in [5, 5.41) is 14.6. The van der Waals surface area contributed by atoms with Crippen LogP contribution in [0.25, 0.3) is 16.1 Å². The molecule has 1 saturated heterocycles. The van der Waals surface area contributed by atoms with Gasteiger partial charge in [0.05, 0.1) is 43.1 Å². The number of azide groups is 1. The lowest BCUT2D eigenvalue weighted by atomic mass is 9.92. The van der Waals surface area contributed by atoms with E-state index in [4.69, 9.17) is 10.3 Å². The van der Waals surface area contributed by atoms with E-state index in [1.165, 1.54) is 4.68 Å². The van der Waals surface area contributed by atoms with Crippen LogP contribution >= 0.6 is 0 Å². The largest absolute Gasteiger partial charge is 0.416 e. The van der Waals surface area contributed by atoms with Crippen molar-refractivity contribution >= 4 is 0 Å². The monoisotopic (exact) mass is 510 g/mol. The van der Waals surface area contributed by atoms with Crippen LogP contribution in [0, 0.1) is 18.8 Å². The highest BCUT2D eigenvalue weighted by molar-refractivity contribution is 5.41. The third-order valence-electron chi connectivity index (χ3n) is 6.08. The number of rotatable bonds is 7. The fraction of sp³-hybridized carbons (Fsp3) is 0.400. The Balaban J connectivity index is 1.58. The van der Waals surface area contributed by atoms with Gasteiger partial charge in [-0.25, -0.2) is 0 Å². The number of likely N-dealkylation sites (tertiary alicyclic amines) is 1. The van der Waals surface area contributed by atoms with Crippen molar-refractivity contribution in [3.63, 3.8) is 0 Å². The highest BCUT2D eigenvalue weighted by Crippen LogP contribution is 2.35. The molecule has 2 atom stereocenters. The summed E-state index contributed by atoms with van der Waals surface area (Å²) in [7, 11) is 0. The third kappa shape index (κ3) is 6.65. The average molecular weight is 511 g/mol. The number of piperidine rings is 1. The van der Waals surface area contributed by atoms with E-state index in [1.807, 2.05) is 30.3 Å². The van der Waals surface area contributed by atoms with Crippen molar-refractivity contribution in [3.05, 3.63) is 81.5 Å². The molecule has 0 amide bonds. The first-order valence-electron chi connectivity index (χ1n) is 11.7. The van der Waals surface area contributed by atoms with E-state index in [1.54, 1.807) is 13.0 Å². The van der Waals surface area contributed by atoms with Crippen molar-refractivity contribution < 1.29 is 17.9 Å². The number of hydrogen-bond donors (Lipinski definition) is 0. The fourth-order valence-corrected chi connectivity index (χ4v) is 4.45. The molecule has 192 valence electrons. The normalized spacial score (nSPS) is 18.1. The van der Waals surface area contributed by atoms with Gasteiger partial charge in [0.2, 0.25) is 0 Å². The summed E-state index contributed by atoms with van der Waals surface area (Å²) in [6.07, 6.45) is -3.19. The predicted molar refractivity (Wildman–Crippen MR) is 129 cm³/mol. The summed E-state index contributed by atoms with van der Waals surface area (Å²) >= 11 is 0.